The number of hydrogen-bond donors (Lipinski definition) is 2. The average Bonchev–Trinajstić information content (AvgIpc) is 2.94. The van der Waals surface area contributed by atoms with Crippen LogP contribution in [0.15, 0.2) is 60.8 Å². The number of pyridine rings is 1. The maximum absolute atomic E-state index is 13.3. The van der Waals surface area contributed by atoms with Gasteiger partial charge in [-0.1, -0.05) is 24.1 Å². The summed E-state index contributed by atoms with van der Waals surface area (Å²) in [5.41, 5.74) is 4.63. The lowest BCUT2D eigenvalue weighted by Crippen LogP contribution is -2.38. The minimum absolute atomic E-state index is 0.0337. The molecule has 38 heavy (non-hydrogen) atoms. The number of carbonyl (C=O) groups excluding carboxylic acids is 2. The maximum atomic E-state index is 13.3. The molecule has 7 heteroatoms. The van der Waals surface area contributed by atoms with Gasteiger partial charge < -0.3 is 20.2 Å². The molecule has 0 unspecified atom stereocenters. The van der Waals surface area contributed by atoms with Crippen molar-refractivity contribution in [2.45, 2.75) is 32.6 Å². The molecule has 2 N–H and O–H groups in total. The third-order valence-electron chi connectivity index (χ3n) is 6.99. The van der Waals surface area contributed by atoms with Crippen molar-refractivity contribution >= 4 is 23.3 Å². The number of likely N-dealkylation sites (N-methyl/N-ethyl adjacent to an activating group) is 1. The molecular formula is C31H34N4O3. The first-order chi connectivity index (χ1) is 18.4. The molecule has 0 radical (unpaired) electrons. The molecule has 0 spiro atoms. The number of likely N-dealkylation sites (tertiary alicyclic amines) is 1. The molecule has 0 saturated carbocycles. The fourth-order valence-electron chi connectivity index (χ4n) is 4.73. The highest BCUT2D eigenvalue weighted by atomic mass is 16.3. The number of carbonyl (C=O) groups is 2. The zero-order valence-electron chi connectivity index (χ0n) is 22.2. The van der Waals surface area contributed by atoms with Gasteiger partial charge in [-0.3, -0.25) is 9.59 Å². The van der Waals surface area contributed by atoms with E-state index in [1.807, 2.05) is 36.8 Å². The highest BCUT2D eigenvalue weighted by Gasteiger charge is 2.25. The van der Waals surface area contributed by atoms with E-state index in [0.717, 1.165) is 24.0 Å². The van der Waals surface area contributed by atoms with E-state index in [9.17, 15) is 9.59 Å². The lowest BCUT2D eigenvalue weighted by atomic mass is 9.88. The van der Waals surface area contributed by atoms with Gasteiger partial charge in [0.05, 0.1) is 18.5 Å². The minimum atomic E-state index is -0.287. The average molecular weight is 511 g/mol. The summed E-state index contributed by atoms with van der Waals surface area (Å²) in [6.07, 6.45) is 3.39. The molecule has 1 saturated heterocycles. The molecule has 2 amide bonds. The van der Waals surface area contributed by atoms with Gasteiger partial charge in [-0.2, -0.15) is 0 Å². The third-order valence-corrected chi connectivity index (χ3v) is 6.99. The first kappa shape index (κ1) is 26.9. The number of aliphatic hydroxyl groups excluding tert-OH is 1. The van der Waals surface area contributed by atoms with Crippen molar-refractivity contribution in [1.82, 2.24) is 9.88 Å². The molecule has 7 nitrogen and oxygen atoms in total. The van der Waals surface area contributed by atoms with Gasteiger partial charge in [0.15, 0.2) is 0 Å². The Kier molecular flexibility index (Phi) is 8.77. The van der Waals surface area contributed by atoms with Crippen molar-refractivity contribution in [3.63, 3.8) is 0 Å². The van der Waals surface area contributed by atoms with Crippen LogP contribution in [0.5, 0.6) is 0 Å². The number of nitrogens with one attached hydrogen (secondary N) is 1. The number of anilines is 2. The Morgan fingerprint density at radius 1 is 1.11 bits per heavy atom. The number of piperidine rings is 1. The Hall–Kier alpha value is -4.15. The van der Waals surface area contributed by atoms with Gasteiger partial charge >= 0.3 is 0 Å². The Morgan fingerprint density at radius 3 is 2.47 bits per heavy atom. The van der Waals surface area contributed by atoms with Crippen molar-refractivity contribution in [3.05, 3.63) is 88.6 Å². The third kappa shape index (κ3) is 6.39. The van der Waals surface area contributed by atoms with Crippen molar-refractivity contribution in [2.75, 3.05) is 43.5 Å². The summed E-state index contributed by atoms with van der Waals surface area (Å²) < 4.78 is 0. The van der Waals surface area contributed by atoms with Gasteiger partial charge in [-0.25, -0.2) is 4.98 Å². The van der Waals surface area contributed by atoms with Crippen molar-refractivity contribution in [3.8, 4) is 11.8 Å². The summed E-state index contributed by atoms with van der Waals surface area (Å²) in [5, 5.41) is 12.0. The lowest BCUT2D eigenvalue weighted by Gasteiger charge is -2.32. The number of rotatable bonds is 7. The smallest absolute Gasteiger partial charge is 0.255 e. The fraction of sp³-hybridized carbons (Fsp3) is 0.323. The Labute approximate surface area is 224 Å². The zero-order valence-corrected chi connectivity index (χ0v) is 22.2. The predicted octanol–water partition coefficient (Wildman–Crippen LogP) is 4.46. The molecule has 1 fully saturated rings. The number of benzene rings is 2. The first-order valence-electron chi connectivity index (χ1n) is 12.9. The van der Waals surface area contributed by atoms with Crippen LogP contribution in [0.4, 0.5) is 11.5 Å². The molecule has 1 aliphatic heterocycles. The topological polar surface area (TPSA) is 85.8 Å². The number of aromatic nitrogens is 1. The number of aryl methyl sites for hydroxylation is 1. The van der Waals surface area contributed by atoms with Crippen LogP contribution in [0.3, 0.4) is 0 Å². The lowest BCUT2D eigenvalue weighted by molar-refractivity contribution is 0.0713. The molecule has 1 aliphatic rings. The molecular weight excluding hydrogens is 476 g/mol. The van der Waals surface area contributed by atoms with E-state index in [-0.39, 0.29) is 18.4 Å². The molecule has 196 valence electrons. The standard InChI is InChI=1S/C31H34N4O3/c1-4-5-23-7-10-24(11-8-23)25-14-16-35(17-15-25)31(38)26-9-6-22(2)28(20-26)30(37)33-27-12-13-29(32-21-27)34(3)18-19-36/h6-13,20-21,25,36H,14-19H2,1-3H3,(H,33,37). The van der Waals surface area contributed by atoms with Crippen molar-refractivity contribution in [1.29, 1.82) is 0 Å². The Balaban J connectivity index is 1.39. The molecule has 2 aromatic carbocycles. The summed E-state index contributed by atoms with van der Waals surface area (Å²) in [7, 11) is 1.84. The van der Waals surface area contributed by atoms with Crippen LogP contribution in [0, 0.1) is 18.8 Å². The van der Waals surface area contributed by atoms with Crippen LogP contribution in [0.25, 0.3) is 0 Å². The second-order valence-corrected chi connectivity index (χ2v) is 9.60. The van der Waals surface area contributed by atoms with E-state index in [0.29, 0.717) is 48.2 Å². The summed E-state index contributed by atoms with van der Waals surface area (Å²) in [5.74, 6) is 6.78. The monoisotopic (exact) mass is 510 g/mol. The minimum Gasteiger partial charge on any atom is -0.395 e. The van der Waals surface area contributed by atoms with Crippen molar-refractivity contribution in [2.24, 2.45) is 0 Å². The van der Waals surface area contributed by atoms with Crippen LogP contribution < -0.4 is 10.2 Å². The molecule has 4 rings (SSSR count). The molecule has 2 heterocycles. The van der Waals surface area contributed by atoms with Crippen LogP contribution in [-0.4, -0.2) is 60.1 Å². The molecule has 1 aromatic heterocycles. The summed E-state index contributed by atoms with van der Waals surface area (Å²) in [4.78, 5) is 34.4. The van der Waals surface area contributed by atoms with Crippen molar-refractivity contribution < 1.29 is 14.7 Å². The molecule has 0 atom stereocenters. The van der Waals surface area contributed by atoms with Crippen LogP contribution in [0.2, 0.25) is 0 Å². The van der Waals surface area contributed by atoms with E-state index in [2.05, 4.69) is 46.4 Å². The number of amides is 2. The molecule has 0 aliphatic carbocycles. The van der Waals surface area contributed by atoms with E-state index < -0.39 is 0 Å². The number of nitrogens with zero attached hydrogens (tertiary/aromatic N) is 3. The predicted molar refractivity (Wildman–Crippen MR) is 151 cm³/mol. The summed E-state index contributed by atoms with van der Waals surface area (Å²) >= 11 is 0. The maximum Gasteiger partial charge on any atom is 0.255 e. The number of hydrogen-bond acceptors (Lipinski definition) is 5. The van der Waals surface area contributed by atoms with Crippen LogP contribution >= 0.6 is 0 Å². The Bertz CT molecular complexity index is 1330. The van der Waals surface area contributed by atoms with E-state index in [4.69, 9.17) is 5.11 Å². The number of aliphatic hydroxyl groups is 1. The highest BCUT2D eigenvalue weighted by Crippen LogP contribution is 2.29. The second kappa shape index (κ2) is 12.4. The van der Waals surface area contributed by atoms with Gasteiger partial charge in [0.25, 0.3) is 11.8 Å². The quantitative estimate of drug-likeness (QED) is 0.459. The SMILES string of the molecule is CC#Cc1ccc(C2CCN(C(=O)c3ccc(C)c(C(=O)Nc4ccc(N(C)CCO)nc4)c3)CC2)cc1. The molecule has 0 bridgehead atoms. The van der Waals surface area contributed by atoms with E-state index in [1.54, 1.807) is 30.5 Å². The summed E-state index contributed by atoms with van der Waals surface area (Å²) in [6, 6.07) is 17.3. The van der Waals surface area contributed by atoms with Gasteiger partial charge in [0, 0.05) is 43.4 Å². The summed E-state index contributed by atoms with van der Waals surface area (Å²) in [6.45, 7) is 5.55. The van der Waals surface area contributed by atoms with E-state index >= 15 is 0 Å². The fourth-order valence-corrected chi connectivity index (χ4v) is 4.73. The van der Waals surface area contributed by atoms with Gasteiger partial charge in [-0.15, -0.1) is 5.92 Å². The van der Waals surface area contributed by atoms with Gasteiger partial charge in [-0.05, 0) is 80.1 Å². The normalized spacial score (nSPS) is 13.4. The molecule has 3 aromatic rings. The largest absolute Gasteiger partial charge is 0.395 e. The van der Waals surface area contributed by atoms with Crippen LogP contribution in [-0.2, 0) is 0 Å². The second-order valence-electron chi connectivity index (χ2n) is 9.60. The first-order valence-corrected chi connectivity index (χ1v) is 12.9. The van der Waals surface area contributed by atoms with Gasteiger partial charge in [0.2, 0.25) is 0 Å². The Morgan fingerprint density at radius 2 is 1.84 bits per heavy atom. The highest BCUT2D eigenvalue weighted by molar-refractivity contribution is 6.07. The van der Waals surface area contributed by atoms with E-state index in [1.165, 1.54) is 5.56 Å². The van der Waals surface area contributed by atoms with Gasteiger partial charge in [0.1, 0.15) is 5.82 Å². The van der Waals surface area contributed by atoms with Crippen LogP contribution in [0.1, 0.15) is 63.1 Å². The zero-order chi connectivity index (χ0) is 27.1.